The fraction of sp³-hybridized carbons (Fsp3) is 0.100. The number of carbonyl (C=O) groups is 2. The molecule has 3 aromatic rings. The van der Waals surface area contributed by atoms with Gasteiger partial charge in [0.05, 0.1) is 6.26 Å². The number of benzene rings is 2. The van der Waals surface area contributed by atoms with Crippen molar-refractivity contribution in [3.8, 4) is 0 Å². The third-order valence-electron chi connectivity index (χ3n) is 3.74. The van der Waals surface area contributed by atoms with Crippen molar-refractivity contribution in [1.29, 1.82) is 0 Å². The zero-order chi connectivity index (χ0) is 19.2. The van der Waals surface area contributed by atoms with Gasteiger partial charge in [-0.25, -0.2) is 13.6 Å². The normalized spacial score (nSPS) is 11.6. The van der Waals surface area contributed by atoms with Crippen molar-refractivity contribution < 1.29 is 27.5 Å². The number of ether oxygens (including phenoxy) is 1. The minimum absolute atomic E-state index is 0.0616. The first-order valence-electron chi connectivity index (χ1n) is 8.05. The van der Waals surface area contributed by atoms with Crippen LogP contribution in [0, 0.1) is 11.6 Å². The van der Waals surface area contributed by atoms with Crippen LogP contribution in [-0.4, -0.2) is 11.9 Å². The molecule has 0 saturated heterocycles. The fourth-order valence-corrected chi connectivity index (χ4v) is 2.35. The second-order valence-corrected chi connectivity index (χ2v) is 5.66. The summed E-state index contributed by atoms with van der Waals surface area (Å²) in [4.78, 5) is 24.7. The molecule has 1 heterocycles. The number of hydrogen-bond donors (Lipinski definition) is 1. The van der Waals surface area contributed by atoms with Gasteiger partial charge in [-0.3, -0.25) is 4.79 Å². The molecule has 0 radical (unpaired) electrons. The Labute approximate surface area is 153 Å². The summed E-state index contributed by atoms with van der Waals surface area (Å²) in [6, 6.07) is 13.5. The Morgan fingerprint density at radius 2 is 1.59 bits per heavy atom. The van der Waals surface area contributed by atoms with Crippen molar-refractivity contribution in [2.24, 2.45) is 0 Å². The molecule has 0 aliphatic heterocycles. The number of amides is 1. The molecule has 7 heteroatoms. The maximum Gasteiger partial charge on any atom is 0.375 e. The van der Waals surface area contributed by atoms with Gasteiger partial charge in [-0.15, -0.1) is 0 Å². The van der Waals surface area contributed by atoms with Gasteiger partial charge in [0, 0.05) is 12.1 Å². The monoisotopic (exact) mass is 371 g/mol. The Bertz CT molecular complexity index is 906. The average molecular weight is 371 g/mol. The van der Waals surface area contributed by atoms with E-state index in [1.165, 1.54) is 54.8 Å². The van der Waals surface area contributed by atoms with E-state index in [0.29, 0.717) is 11.1 Å². The van der Waals surface area contributed by atoms with Gasteiger partial charge in [-0.05, 0) is 42.0 Å². The molecular formula is C20H15F2NO4. The highest BCUT2D eigenvalue weighted by atomic mass is 19.1. The first-order valence-corrected chi connectivity index (χ1v) is 8.05. The summed E-state index contributed by atoms with van der Waals surface area (Å²) in [5.74, 6) is -2.37. The van der Waals surface area contributed by atoms with Crippen molar-refractivity contribution >= 4 is 11.9 Å². The van der Waals surface area contributed by atoms with Gasteiger partial charge in [0.2, 0.25) is 11.9 Å². The Kier molecular flexibility index (Phi) is 5.61. The van der Waals surface area contributed by atoms with E-state index >= 15 is 0 Å². The van der Waals surface area contributed by atoms with Crippen LogP contribution in [0.3, 0.4) is 0 Å². The number of esters is 1. The van der Waals surface area contributed by atoms with Crippen LogP contribution in [0.4, 0.5) is 8.78 Å². The van der Waals surface area contributed by atoms with Gasteiger partial charge in [-0.1, -0.05) is 24.3 Å². The molecule has 138 valence electrons. The molecule has 5 nitrogen and oxygen atoms in total. The molecule has 0 fully saturated rings. The van der Waals surface area contributed by atoms with Crippen LogP contribution in [-0.2, 0) is 16.1 Å². The van der Waals surface area contributed by atoms with E-state index in [4.69, 9.17) is 9.15 Å². The fourth-order valence-electron chi connectivity index (χ4n) is 2.35. The molecule has 1 atom stereocenters. The van der Waals surface area contributed by atoms with Crippen LogP contribution in [0.2, 0.25) is 0 Å². The van der Waals surface area contributed by atoms with Gasteiger partial charge in [0.1, 0.15) is 11.6 Å². The molecule has 1 aromatic heterocycles. The van der Waals surface area contributed by atoms with E-state index in [2.05, 4.69) is 5.32 Å². The second kappa shape index (κ2) is 8.27. The first kappa shape index (κ1) is 18.3. The Hall–Kier alpha value is -3.48. The van der Waals surface area contributed by atoms with Crippen LogP contribution >= 0.6 is 0 Å². The van der Waals surface area contributed by atoms with Gasteiger partial charge in [0.15, 0.2) is 0 Å². The van der Waals surface area contributed by atoms with Crippen LogP contribution in [0.5, 0.6) is 0 Å². The van der Waals surface area contributed by atoms with Gasteiger partial charge in [-0.2, -0.15) is 0 Å². The molecule has 0 aliphatic carbocycles. The molecule has 0 aliphatic rings. The molecule has 3 rings (SSSR count). The highest BCUT2D eigenvalue weighted by Crippen LogP contribution is 2.21. The maximum atomic E-state index is 13.2. The molecule has 0 saturated carbocycles. The third kappa shape index (κ3) is 4.78. The number of hydrogen-bond acceptors (Lipinski definition) is 4. The smallest absolute Gasteiger partial charge is 0.375 e. The standard InChI is InChI=1S/C20H15F2NO4/c21-15-7-3-13(4-8-15)12-23-19(24)18(14-5-9-16(22)10-6-14)27-20(25)17-2-1-11-26-17/h1-11,18H,12H2,(H,23,24)/t18-/m1/s1. The zero-order valence-electron chi connectivity index (χ0n) is 14.0. The summed E-state index contributed by atoms with van der Waals surface area (Å²) in [7, 11) is 0. The molecule has 27 heavy (non-hydrogen) atoms. The van der Waals surface area contributed by atoms with Crippen molar-refractivity contribution in [3.63, 3.8) is 0 Å². The summed E-state index contributed by atoms with van der Waals surface area (Å²) < 4.78 is 36.4. The van der Waals surface area contributed by atoms with Crippen molar-refractivity contribution in [3.05, 3.63) is 95.4 Å². The number of furan rings is 1. The van der Waals surface area contributed by atoms with Crippen LogP contribution in [0.25, 0.3) is 0 Å². The summed E-state index contributed by atoms with van der Waals surface area (Å²) in [5, 5.41) is 2.62. The van der Waals surface area contributed by atoms with Crippen LogP contribution < -0.4 is 5.32 Å². The van der Waals surface area contributed by atoms with E-state index in [0.717, 1.165) is 12.1 Å². The Morgan fingerprint density at radius 3 is 2.19 bits per heavy atom. The predicted molar refractivity (Wildman–Crippen MR) is 91.5 cm³/mol. The van der Waals surface area contributed by atoms with Gasteiger partial charge < -0.3 is 14.5 Å². The van der Waals surface area contributed by atoms with Gasteiger partial charge >= 0.3 is 5.97 Å². The largest absolute Gasteiger partial charge is 0.457 e. The maximum absolute atomic E-state index is 13.2. The molecular weight excluding hydrogens is 356 g/mol. The van der Waals surface area contributed by atoms with Crippen molar-refractivity contribution in [2.75, 3.05) is 0 Å². The van der Waals surface area contributed by atoms with Crippen LogP contribution in [0.1, 0.15) is 27.8 Å². The molecule has 2 aromatic carbocycles. The average Bonchev–Trinajstić information content (AvgIpc) is 3.21. The van der Waals surface area contributed by atoms with Crippen molar-refractivity contribution in [1.82, 2.24) is 5.32 Å². The Morgan fingerprint density at radius 1 is 0.963 bits per heavy atom. The SMILES string of the molecule is O=C(O[C@@H](C(=O)NCc1ccc(F)cc1)c1ccc(F)cc1)c1ccco1. The summed E-state index contributed by atoms with van der Waals surface area (Å²) in [5.41, 5.74) is 0.966. The number of nitrogens with one attached hydrogen (secondary N) is 1. The van der Waals surface area contributed by atoms with E-state index in [1.807, 2.05) is 0 Å². The topological polar surface area (TPSA) is 68.5 Å². The number of rotatable bonds is 6. The number of halogens is 2. The molecule has 0 unspecified atom stereocenters. The first-order chi connectivity index (χ1) is 13.0. The zero-order valence-corrected chi connectivity index (χ0v) is 14.0. The predicted octanol–water partition coefficient (Wildman–Crippen LogP) is 3.77. The molecule has 0 spiro atoms. The lowest BCUT2D eigenvalue weighted by Crippen LogP contribution is -2.31. The minimum atomic E-state index is -1.30. The number of carbonyl (C=O) groups excluding carboxylic acids is 2. The van der Waals surface area contributed by atoms with E-state index in [1.54, 1.807) is 0 Å². The summed E-state index contributed by atoms with van der Waals surface area (Å²) in [6.07, 6.45) is 0.00149. The highest BCUT2D eigenvalue weighted by molar-refractivity contribution is 5.90. The molecule has 0 bridgehead atoms. The highest BCUT2D eigenvalue weighted by Gasteiger charge is 2.26. The minimum Gasteiger partial charge on any atom is -0.457 e. The van der Waals surface area contributed by atoms with E-state index in [9.17, 15) is 18.4 Å². The van der Waals surface area contributed by atoms with E-state index < -0.39 is 23.8 Å². The summed E-state index contributed by atoms with van der Waals surface area (Å²) in [6.45, 7) is 0.106. The lowest BCUT2D eigenvalue weighted by atomic mass is 10.1. The second-order valence-electron chi connectivity index (χ2n) is 5.66. The lowest BCUT2D eigenvalue weighted by Gasteiger charge is -2.17. The third-order valence-corrected chi connectivity index (χ3v) is 3.74. The van der Waals surface area contributed by atoms with E-state index in [-0.39, 0.29) is 18.1 Å². The van der Waals surface area contributed by atoms with Crippen molar-refractivity contribution in [2.45, 2.75) is 12.6 Å². The van der Waals surface area contributed by atoms with Gasteiger partial charge in [0.25, 0.3) is 5.91 Å². The molecule has 1 amide bonds. The Balaban J connectivity index is 1.75. The quantitative estimate of drug-likeness (QED) is 0.670. The van der Waals surface area contributed by atoms with Crippen LogP contribution in [0.15, 0.2) is 71.3 Å². The molecule has 1 N–H and O–H groups in total. The summed E-state index contributed by atoms with van der Waals surface area (Å²) >= 11 is 0. The lowest BCUT2D eigenvalue weighted by molar-refractivity contribution is -0.130.